The van der Waals surface area contributed by atoms with Crippen molar-refractivity contribution in [3.05, 3.63) is 28.3 Å². The predicted molar refractivity (Wildman–Crippen MR) is 76.6 cm³/mol. The van der Waals surface area contributed by atoms with Crippen LogP contribution in [-0.4, -0.2) is 40.4 Å². The van der Waals surface area contributed by atoms with Crippen molar-refractivity contribution >= 4 is 18.4 Å². The van der Waals surface area contributed by atoms with E-state index in [2.05, 4.69) is 10.2 Å². The third-order valence-electron chi connectivity index (χ3n) is 2.73. The standard InChI is InChI=1S/C12H11F3N4O3S/c1-21-7-3-6(4-8(22-2)9(7)20)5-16-19-10(12(13,14)15)17-18-11(19)23/h3-5,20H,1-2H3,(H,18,23)/b16-5-. The molecule has 0 bridgehead atoms. The molecule has 1 aromatic carbocycles. The monoisotopic (exact) mass is 348 g/mol. The van der Waals surface area contributed by atoms with Gasteiger partial charge in [0.1, 0.15) is 0 Å². The number of aromatic hydroxyl groups is 1. The largest absolute Gasteiger partial charge is 0.502 e. The fraction of sp³-hybridized carbons (Fsp3) is 0.250. The van der Waals surface area contributed by atoms with Gasteiger partial charge in [0.15, 0.2) is 11.5 Å². The highest BCUT2D eigenvalue weighted by atomic mass is 32.1. The molecule has 0 aliphatic carbocycles. The number of phenols is 1. The van der Waals surface area contributed by atoms with Crippen LogP contribution in [0.2, 0.25) is 0 Å². The Labute approximate surface area is 133 Å². The molecular formula is C12H11F3N4O3S. The van der Waals surface area contributed by atoms with Crippen molar-refractivity contribution < 1.29 is 27.8 Å². The lowest BCUT2D eigenvalue weighted by Gasteiger charge is -2.09. The lowest BCUT2D eigenvalue weighted by molar-refractivity contribution is -0.147. The molecule has 1 aromatic heterocycles. The molecule has 2 aromatic rings. The fourth-order valence-electron chi connectivity index (χ4n) is 1.69. The highest BCUT2D eigenvalue weighted by Crippen LogP contribution is 2.36. The number of rotatable bonds is 4. The lowest BCUT2D eigenvalue weighted by atomic mass is 10.2. The number of nitrogens with zero attached hydrogens (tertiary/aromatic N) is 3. The Bertz CT molecular complexity index is 773. The summed E-state index contributed by atoms with van der Waals surface area (Å²) in [5, 5.41) is 18.6. The number of alkyl halides is 3. The zero-order valence-corrected chi connectivity index (χ0v) is 12.7. The van der Waals surface area contributed by atoms with Crippen molar-refractivity contribution in [3.63, 3.8) is 0 Å². The van der Waals surface area contributed by atoms with Crippen LogP contribution in [-0.2, 0) is 6.18 Å². The number of aromatic nitrogens is 3. The summed E-state index contributed by atoms with van der Waals surface area (Å²) in [7, 11) is 2.65. The van der Waals surface area contributed by atoms with E-state index >= 15 is 0 Å². The van der Waals surface area contributed by atoms with E-state index in [0.29, 0.717) is 10.2 Å². The molecule has 0 amide bonds. The average molecular weight is 348 g/mol. The second kappa shape index (κ2) is 6.28. The van der Waals surface area contributed by atoms with Gasteiger partial charge < -0.3 is 14.6 Å². The Kier molecular flexibility index (Phi) is 4.59. The number of ether oxygens (including phenoxy) is 2. The molecule has 0 fully saturated rings. The number of nitrogens with one attached hydrogen (secondary N) is 1. The SMILES string of the molecule is COc1cc(/C=N\n2c(C(F)(F)F)n[nH]c2=S)cc(OC)c1O. The second-order valence-corrected chi connectivity index (χ2v) is 4.57. The van der Waals surface area contributed by atoms with Gasteiger partial charge in [-0.25, -0.2) is 5.10 Å². The molecule has 23 heavy (non-hydrogen) atoms. The van der Waals surface area contributed by atoms with E-state index in [1.165, 1.54) is 26.4 Å². The summed E-state index contributed by atoms with van der Waals surface area (Å²) in [6.45, 7) is 0. The predicted octanol–water partition coefficient (Wildman–Crippen LogP) is 2.56. The first-order valence-electron chi connectivity index (χ1n) is 6.02. The number of hydrogen-bond acceptors (Lipinski definition) is 6. The van der Waals surface area contributed by atoms with Crippen molar-refractivity contribution in [1.29, 1.82) is 0 Å². The lowest BCUT2D eigenvalue weighted by Crippen LogP contribution is -2.12. The fourth-order valence-corrected chi connectivity index (χ4v) is 1.87. The zero-order chi connectivity index (χ0) is 17.2. The molecule has 0 spiro atoms. The van der Waals surface area contributed by atoms with Gasteiger partial charge in [-0.3, -0.25) is 0 Å². The minimum absolute atomic E-state index is 0.0811. The summed E-state index contributed by atoms with van der Waals surface area (Å²) >= 11 is 4.72. The van der Waals surface area contributed by atoms with Gasteiger partial charge in [-0.05, 0) is 24.4 Å². The molecule has 0 unspecified atom stereocenters. The van der Waals surface area contributed by atoms with E-state index in [1.54, 1.807) is 0 Å². The number of phenolic OH excluding ortho intramolecular Hbond substituents is 1. The quantitative estimate of drug-likeness (QED) is 0.655. The van der Waals surface area contributed by atoms with E-state index in [1.807, 2.05) is 5.10 Å². The van der Waals surface area contributed by atoms with Gasteiger partial charge in [-0.2, -0.15) is 22.9 Å². The maximum absolute atomic E-state index is 12.8. The average Bonchev–Trinajstić information content (AvgIpc) is 2.87. The molecule has 1 heterocycles. The first-order valence-corrected chi connectivity index (χ1v) is 6.42. The Morgan fingerprint density at radius 2 is 1.87 bits per heavy atom. The van der Waals surface area contributed by atoms with Gasteiger partial charge in [0, 0.05) is 5.56 Å². The molecule has 2 rings (SSSR count). The molecule has 0 aliphatic heterocycles. The van der Waals surface area contributed by atoms with Crippen molar-refractivity contribution in [2.75, 3.05) is 14.2 Å². The Morgan fingerprint density at radius 3 is 2.35 bits per heavy atom. The zero-order valence-electron chi connectivity index (χ0n) is 11.9. The molecular weight excluding hydrogens is 337 g/mol. The molecule has 0 saturated heterocycles. The van der Waals surface area contributed by atoms with Crippen LogP contribution in [0.25, 0.3) is 0 Å². The van der Waals surface area contributed by atoms with E-state index < -0.39 is 12.0 Å². The molecule has 2 N–H and O–H groups in total. The minimum Gasteiger partial charge on any atom is -0.502 e. The summed E-state index contributed by atoms with van der Waals surface area (Å²) in [6, 6.07) is 2.75. The number of aromatic amines is 1. The van der Waals surface area contributed by atoms with Crippen molar-refractivity contribution in [2.45, 2.75) is 6.18 Å². The number of hydrogen-bond donors (Lipinski definition) is 2. The smallest absolute Gasteiger partial charge is 0.453 e. The van der Waals surface area contributed by atoms with E-state index in [0.717, 1.165) is 6.21 Å². The second-order valence-electron chi connectivity index (χ2n) is 4.18. The van der Waals surface area contributed by atoms with Crippen LogP contribution >= 0.6 is 12.2 Å². The van der Waals surface area contributed by atoms with Gasteiger partial charge in [0.05, 0.1) is 20.4 Å². The molecule has 0 aliphatic rings. The first-order chi connectivity index (χ1) is 10.8. The van der Waals surface area contributed by atoms with Crippen LogP contribution < -0.4 is 9.47 Å². The Hall–Kier alpha value is -2.56. The van der Waals surface area contributed by atoms with Gasteiger partial charge >= 0.3 is 6.18 Å². The third kappa shape index (κ3) is 3.44. The van der Waals surface area contributed by atoms with E-state index in [4.69, 9.17) is 21.7 Å². The minimum atomic E-state index is -4.71. The molecule has 0 radical (unpaired) electrons. The molecule has 0 atom stereocenters. The van der Waals surface area contributed by atoms with Gasteiger partial charge in [-0.1, -0.05) is 0 Å². The highest BCUT2D eigenvalue weighted by Gasteiger charge is 2.37. The maximum Gasteiger partial charge on any atom is 0.453 e. The topological polar surface area (TPSA) is 84.7 Å². The van der Waals surface area contributed by atoms with Crippen LogP contribution in [0.4, 0.5) is 13.2 Å². The summed E-state index contributed by atoms with van der Waals surface area (Å²) in [6.07, 6.45) is -3.61. The number of benzene rings is 1. The van der Waals surface area contributed by atoms with E-state index in [9.17, 15) is 18.3 Å². The number of methoxy groups -OCH3 is 2. The number of halogens is 3. The van der Waals surface area contributed by atoms with Crippen molar-refractivity contribution in [3.8, 4) is 17.2 Å². The van der Waals surface area contributed by atoms with Crippen LogP contribution in [0.1, 0.15) is 11.4 Å². The normalized spacial score (nSPS) is 11.9. The Balaban J connectivity index is 2.46. The summed E-state index contributed by atoms with van der Waals surface area (Å²) < 4.78 is 48.4. The molecule has 11 heteroatoms. The highest BCUT2D eigenvalue weighted by molar-refractivity contribution is 7.71. The molecule has 124 valence electrons. The summed E-state index contributed by atoms with van der Waals surface area (Å²) in [4.78, 5) is 0. The van der Waals surface area contributed by atoms with Crippen LogP contribution in [0.5, 0.6) is 17.2 Å². The van der Waals surface area contributed by atoms with E-state index in [-0.39, 0.29) is 22.0 Å². The molecule has 7 nitrogen and oxygen atoms in total. The summed E-state index contributed by atoms with van der Waals surface area (Å²) in [5.41, 5.74) is 0.327. The number of H-pyrrole nitrogens is 1. The van der Waals surface area contributed by atoms with Gasteiger partial charge in [0.2, 0.25) is 10.5 Å². The van der Waals surface area contributed by atoms with Crippen LogP contribution in [0.3, 0.4) is 0 Å². The van der Waals surface area contributed by atoms with Gasteiger partial charge in [-0.15, -0.1) is 5.10 Å². The van der Waals surface area contributed by atoms with Crippen LogP contribution in [0.15, 0.2) is 17.2 Å². The third-order valence-corrected chi connectivity index (χ3v) is 2.99. The molecule has 0 saturated carbocycles. The maximum atomic E-state index is 12.8. The van der Waals surface area contributed by atoms with Crippen molar-refractivity contribution in [1.82, 2.24) is 14.9 Å². The van der Waals surface area contributed by atoms with Crippen molar-refractivity contribution in [2.24, 2.45) is 5.10 Å². The summed E-state index contributed by atoms with van der Waals surface area (Å²) in [5.74, 6) is -1.35. The van der Waals surface area contributed by atoms with Crippen LogP contribution in [0, 0.1) is 4.77 Å². The first kappa shape index (κ1) is 16.8. The van der Waals surface area contributed by atoms with Gasteiger partial charge in [0.25, 0.3) is 5.82 Å². The Morgan fingerprint density at radius 1 is 1.30 bits per heavy atom.